The molecule has 1 unspecified atom stereocenters. The fraction of sp³-hybridized carbons (Fsp3) is 0.211. The molecule has 0 bridgehead atoms. The normalized spacial score (nSPS) is 17.9. The summed E-state index contributed by atoms with van der Waals surface area (Å²) in [5, 5.41) is 2.53. The zero-order valence-electron chi connectivity index (χ0n) is 11.4. The van der Waals surface area contributed by atoms with Crippen LogP contribution in [0, 0.1) is 0 Å². The van der Waals surface area contributed by atoms with E-state index < -0.39 is 0 Å². The summed E-state index contributed by atoms with van der Waals surface area (Å²) in [6.07, 6.45) is 5.53. The molecule has 0 amide bonds. The fourth-order valence-electron chi connectivity index (χ4n) is 3.27. The summed E-state index contributed by atoms with van der Waals surface area (Å²) in [5.41, 5.74) is 4.27. The summed E-state index contributed by atoms with van der Waals surface area (Å²) >= 11 is 0. The average Bonchev–Trinajstić information content (AvgIpc) is 2.54. The van der Waals surface area contributed by atoms with Crippen LogP contribution in [0.2, 0.25) is 0 Å². The van der Waals surface area contributed by atoms with Crippen molar-refractivity contribution in [3.8, 4) is 0 Å². The van der Waals surface area contributed by atoms with Crippen molar-refractivity contribution in [2.45, 2.75) is 25.2 Å². The topological polar surface area (TPSA) is 12.9 Å². The number of fused-ring (bicyclic) bond motifs is 2. The van der Waals surface area contributed by atoms with E-state index in [0.717, 1.165) is 6.42 Å². The zero-order chi connectivity index (χ0) is 13.4. The summed E-state index contributed by atoms with van der Waals surface area (Å²) in [6.45, 7) is 0. The number of pyridine rings is 1. The third kappa shape index (κ3) is 2.00. The molecule has 0 fully saturated rings. The standard InChI is InChI=1S/C19H17N/c1-2-6-15-11-17(10-9-14(15)5-1)19-12-16-7-3-4-8-18(16)13-20-19/h1-8,12-13,17H,9-11H2. The van der Waals surface area contributed by atoms with E-state index in [9.17, 15) is 0 Å². The van der Waals surface area contributed by atoms with E-state index in [1.807, 2.05) is 6.20 Å². The molecule has 2 aromatic carbocycles. The van der Waals surface area contributed by atoms with Gasteiger partial charge in [-0.3, -0.25) is 4.98 Å². The minimum absolute atomic E-state index is 0.564. The molecular formula is C19H17N. The molecule has 20 heavy (non-hydrogen) atoms. The van der Waals surface area contributed by atoms with Crippen LogP contribution in [-0.2, 0) is 12.8 Å². The number of aryl methyl sites for hydroxylation is 1. The first-order valence-corrected chi connectivity index (χ1v) is 7.31. The second kappa shape index (κ2) is 4.75. The van der Waals surface area contributed by atoms with E-state index in [-0.39, 0.29) is 0 Å². The van der Waals surface area contributed by atoms with Crippen molar-refractivity contribution < 1.29 is 0 Å². The van der Waals surface area contributed by atoms with Crippen LogP contribution in [0.4, 0.5) is 0 Å². The van der Waals surface area contributed by atoms with Gasteiger partial charge in [-0.15, -0.1) is 0 Å². The lowest BCUT2D eigenvalue weighted by atomic mass is 9.82. The first kappa shape index (κ1) is 11.7. The maximum Gasteiger partial charge on any atom is 0.0444 e. The Hall–Kier alpha value is -2.15. The molecule has 3 aromatic rings. The average molecular weight is 259 g/mol. The van der Waals surface area contributed by atoms with Crippen LogP contribution in [0.1, 0.15) is 29.2 Å². The van der Waals surface area contributed by atoms with Crippen molar-refractivity contribution in [3.05, 3.63) is 77.6 Å². The third-order valence-electron chi connectivity index (χ3n) is 4.42. The van der Waals surface area contributed by atoms with Gasteiger partial charge in [0.05, 0.1) is 0 Å². The van der Waals surface area contributed by atoms with Gasteiger partial charge in [0.25, 0.3) is 0 Å². The molecule has 1 aromatic heterocycles. The van der Waals surface area contributed by atoms with Gasteiger partial charge in [0.15, 0.2) is 0 Å². The smallest absolute Gasteiger partial charge is 0.0444 e. The maximum absolute atomic E-state index is 4.70. The Kier molecular flexibility index (Phi) is 2.77. The highest BCUT2D eigenvalue weighted by Gasteiger charge is 2.20. The van der Waals surface area contributed by atoms with Crippen molar-refractivity contribution >= 4 is 10.8 Å². The third-order valence-corrected chi connectivity index (χ3v) is 4.42. The van der Waals surface area contributed by atoms with Gasteiger partial charge in [0, 0.05) is 23.2 Å². The van der Waals surface area contributed by atoms with Crippen molar-refractivity contribution in [3.63, 3.8) is 0 Å². The monoisotopic (exact) mass is 259 g/mol. The van der Waals surface area contributed by atoms with E-state index in [1.165, 1.54) is 40.4 Å². The second-order valence-corrected chi connectivity index (χ2v) is 5.66. The molecule has 1 aliphatic rings. The summed E-state index contributed by atoms with van der Waals surface area (Å²) in [5.74, 6) is 0.564. The minimum Gasteiger partial charge on any atom is -0.260 e. The van der Waals surface area contributed by atoms with Crippen LogP contribution < -0.4 is 0 Å². The highest BCUT2D eigenvalue weighted by Crippen LogP contribution is 2.32. The van der Waals surface area contributed by atoms with E-state index >= 15 is 0 Å². The van der Waals surface area contributed by atoms with Crippen molar-refractivity contribution in [1.29, 1.82) is 0 Å². The van der Waals surface area contributed by atoms with Crippen LogP contribution in [0.15, 0.2) is 60.8 Å². The Morgan fingerprint density at radius 3 is 2.50 bits per heavy atom. The second-order valence-electron chi connectivity index (χ2n) is 5.66. The summed E-state index contributed by atoms with van der Waals surface area (Å²) in [6, 6.07) is 19.6. The number of nitrogens with zero attached hydrogens (tertiary/aromatic N) is 1. The van der Waals surface area contributed by atoms with E-state index in [0.29, 0.717) is 5.92 Å². The SMILES string of the molecule is c1ccc2c(c1)CCC(c1cc3ccccc3cn1)C2. The lowest BCUT2D eigenvalue weighted by molar-refractivity contribution is 0.572. The van der Waals surface area contributed by atoms with Gasteiger partial charge < -0.3 is 0 Å². The van der Waals surface area contributed by atoms with Crippen LogP contribution in [0.3, 0.4) is 0 Å². The summed E-state index contributed by atoms with van der Waals surface area (Å²) in [4.78, 5) is 4.70. The van der Waals surface area contributed by atoms with Gasteiger partial charge in [-0.2, -0.15) is 0 Å². The summed E-state index contributed by atoms with van der Waals surface area (Å²) < 4.78 is 0. The quantitative estimate of drug-likeness (QED) is 0.626. The van der Waals surface area contributed by atoms with Crippen molar-refractivity contribution in [2.75, 3.05) is 0 Å². The lowest BCUT2D eigenvalue weighted by Crippen LogP contribution is -2.13. The van der Waals surface area contributed by atoms with Gasteiger partial charge in [0.1, 0.15) is 0 Å². The first-order valence-electron chi connectivity index (χ1n) is 7.31. The van der Waals surface area contributed by atoms with E-state index in [4.69, 9.17) is 4.98 Å². The van der Waals surface area contributed by atoms with E-state index in [2.05, 4.69) is 54.6 Å². The molecule has 1 heteroatoms. The van der Waals surface area contributed by atoms with Crippen molar-refractivity contribution in [2.24, 2.45) is 0 Å². The Morgan fingerprint density at radius 1 is 0.850 bits per heavy atom. The number of aromatic nitrogens is 1. The highest BCUT2D eigenvalue weighted by atomic mass is 14.7. The predicted octanol–water partition coefficient (Wildman–Crippen LogP) is 4.51. The molecule has 0 spiro atoms. The number of rotatable bonds is 1. The van der Waals surface area contributed by atoms with Gasteiger partial charge in [-0.1, -0.05) is 48.5 Å². The Labute approximate surface area is 119 Å². The maximum atomic E-state index is 4.70. The van der Waals surface area contributed by atoms with Gasteiger partial charge >= 0.3 is 0 Å². The number of benzene rings is 2. The van der Waals surface area contributed by atoms with Crippen LogP contribution in [-0.4, -0.2) is 4.98 Å². The molecule has 1 nitrogen and oxygen atoms in total. The largest absolute Gasteiger partial charge is 0.260 e. The lowest BCUT2D eigenvalue weighted by Gasteiger charge is -2.24. The predicted molar refractivity (Wildman–Crippen MR) is 83.0 cm³/mol. The van der Waals surface area contributed by atoms with Crippen molar-refractivity contribution in [1.82, 2.24) is 4.98 Å². The van der Waals surface area contributed by atoms with Gasteiger partial charge in [-0.25, -0.2) is 0 Å². The zero-order valence-corrected chi connectivity index (χ0v) is 11.4. The van der Waals surface area contributed by atoms with Crippen LogP contribution in [0.5, 0.6) is 0 Å². The molecule has 0 aliphatic heterocycles. The molecule has 0 saturated carbocycles. The molecule has 1 heterocycles. The molecule has 1 atom stereocenters. The molecule has 4 rings (SSSR count). The van der Waals surface area contributed by atoms with E-state index in [1.54, 1.807) is 0 Å². The molecule has 98 valence electrons. The van der Waals surface area contributed by atoms with Crippen LogP contribution in [0.25, 0.3) is 10.8 Å². The van der Waals surface area contributed by atoms with Crippen LogP contribution >= 0.6 is 0 Å². The Bertz CT molecular complexity index is 760. The first-order chi connectivity index (χ1) is 9.90. The highest BCUT2D eigenvalue weighted by molar-refractivity contribution is 5.81. The molecule has 0 saturated heterocycles. The molecule has 0 N–H and O–H groups in total. The Morgan fingerprint density at radius 2 is 1.60 bits per heavy atom. The molecule has 0 radical (unpaired) electrons. The Balaban J connectivity index is 1.70. The minimum atomic E-state index is 0.564. The summed E-state index contributed by atoms with van der Waals surface area (Å²) in [7, 11) is 0. The molecule has 1 aliphatic carbocycles. The fourth-order valence-corrected chi connectivity index (χ4v) is 3.27. The van der Waals surface area contributed by atoms with Gasteiger partial charge in [0.2, 0.25) is 0 Å². The molecular weight excluding hydrogens is 242 g/mol. The number of hydrogen-bond acceptors (Lipinski definition) is 1. The van der Waals surface area contributed by atoms with Gasteiger partial charge in [-0.05, 0) is 41.8 Å². The number of hydrogen-bond donors (Lipinski definition) is 0.